The second kappa shape index (κ2) is 9.10. The fraction of sp³-hybridized carbons (Fsp3) is 0.464. The first-order valence-electron chi connectivity index (χ1n) is 12.5. The number of hydrogen-bond donors (Lipinski definition) is 1. The summed E-state index contributed by atoms with van der Waals surface area (Å²) < 4.78 is 13.5. The number of nitrogens with zero attached hydrogens (tertiary/aromatic N) is 2. The lowest BCUT2D eigenvalue weighted by Crippen LogP contribution is -2.58. The molecule has 2 aromatic carbocycles. The maximum Gasteiger partial charge on any atom is 0.325 e. The molecule has 1 saturated carbocycles. The predicted octanol–water partition coefficient (Wildman–Crippen LogP) is 4.24. The molecule has 2 heterocycles. The van der Waals surface area contributed by atoms with Gasteiger partial charge in [-0.1, -0.05) is 24.3 Å². The summed E-state index contributed by atoms with van der Waals surface area (Å²) in [7, 11) is 0. The molecule has 0 bridgehead atoms. The van der Waals surface area contributed by atoms with E-state index in [1.54, 1.807) is 12.1 Å². The number of aryl methyl sites for hydroxylation is 1. The molecule has 2 aliphatic heterocycles. The molecule has 0 radical (unpaired) electrons. The Bertz CT molecular complexity index is 1150. The second-order valence-electron chi connectivity index (χ2n) is 10.4. The van der Waals surface area contributed by atoms with E-state index in [4.69, 9.17) is 0 Å². The van der Waals surface area contributed by atoms with Gasteiger partial charge >= 0.3 is 6.03 Å². The van der Waals surface area contributed by atoms with Crippen LogP contribution in [0.3, 0.4) is 0 Å². The fourth-order valence-corrected chi connectivity index (χ4v) is 5.56. The number of rotatable bonds is 6. The number of carbonyl (C=O) groups is 3. The van der Waals surface area contributed by atoms with Crippen molar-refractivity contribution >= 4 is 17.8 Å². The van der Waals surface area contributed by atoms with Crippen LogP contribution in [0, 0.1) is 31.5 Å². The van der Waals surface area contributed by atoms with Gasteiger partial charge in [-0.25, -0.2) is 9.18 Å². The molecule has 5 rings (SSSR count). The van der Waals surface area contributed by atoms with Crippen LogP contribution in [0.15, 0.2) is 42.5 Å². The standard InChI is InChI=1S/C28H32FN3O3/c1-18-4-3-5-24(19(18)2)25(33)31-14-12-22(13-15-31)28(16-20-8-10-23(29)11-9-20)26(34)32(27(35)30-28)17-21-6-7-21/h3-5,8-11,21-22H,6-7,12-17H2,1-2H3,(H,30,35). The second-order valence-corrected chi connectivity index (χ2v) is 10.4. The van der Waals surface area contributed by atoms with Gasteiger partial charge < -0.3 is 10.2 Å². The van der Waals surface area contributed by atoms with Crippen molar-refractivity contribution in [1.29, 1.82) is 0 Å². The van der Waals surface area contributed by atoms with Gasteiger partial charge in [0.1, 0.15) is 11.4 Å². The van der Waals surface area contributed by atoms with Crippen molar-refractivity contribution in [3.8, 4) is 0 Å². The van der Waals surface area contributed by atoms with Crippen LogP contribution in [0.25, 0.3) is 0 Å². The number of likely N-dealkylation sites (tertiary alicyclic amines) is 1. The molecule has 3 fully saturated rings. The number of hydrogen-bond acceptors (Lipinski definition) is 3. The first-order valence-corrected chi connectivity index (χ1v) is 12.5. The SMILES string of the molecule is Cc1cccc(C(=O)N2CCC(C3(Cc4ccc(F)cc4)NC(=O)N(CC4CC4)C3=O)CC2)c1C. The Hall–Kier alpha value is -3.22. The molecule has 2 aromatic rings. The van der Waals surface area contributed by atoms with Crippen LogP contribution in [0.1, 0.15) is 52.7 Å². The molecule has 1 unspecified atom stereocenters. The number of amides is 4. The number of nitrogens with one attached hydrogen (secondary N) is 1. The van der Waals surface area contributed by atoms with Gasteiger partial charge in [0.25, 0.3) is 11.8 Å². The average Bonchev–Trinajstić information content (AvgIpc) is 3.65. The Morgan fingerprint density at radius 2 is 1.71 bits per heavy atom. The zero-order chi connectivity index (χ0) is 24.7. The zero-order valence-corrected chi connectivity index (χ0v) is 20.4. The quantitative estimate of drug-likeness (QED) is 0.633. The lowest BCUT2D eigenvalue weighted by Gasteiger charge is -2.41. The van der Waals surface area contributed by atoms with E-state index in [0.29, 0.717) is 50.4 Å². The summed E-state index contributed by atoms with van der Waals surface area (Å²) in [6, 6.07) is 11.6. The van der Waals surface area contributed by atoms with Crippen LogP contribution in [-0.2, 0) is 11.2 Å². The van der Waals surface area contributed by atoms with E-state index in [9.17, 15) is 18.8 Å². The van der Waals surface area contributed by atoms with Gasteiger partial charge in [0.2, 0.25) is 0 Å². The molecule has 184 valence electrons. The average molecular weight is 478 g/mol. The molecule has 0 aromatic heterocycles. The van der Waals surface area contributed by atoms with Crippen molar-refractivity contribution in [3.05, 3.63) is 70.5 Å². The normalized spacial score (nSPS) is 23.1. The Morgan fingerprint density at radius 3 is 2.37 bits per heavy atom. The third-order valence-electron chi connectivity index (χ3n) is 8.05. The van der Waals surface area contributed by atoms with Crippen LogP contribution in [-0.4, -0.2) is 52.8 Å². The maximum atomic E-state index is 13.8. The molecule has 6 nitrogen and oxygen atoms in total. The molecule has 1 aliphatic carbocycles. The van der Waals surface area contributed by atoms with Gasteiger partial charge in [0, 0.05) is 31.6 Å². The third kappa shape index (κ3) is 4.44. The molecule has 0 spiro atoms. The van der Waals surface area contributed by atoms with E-state index < -0.39 is 5.54 Å². The Kier molecular flexibility index (Phi) is 6.11. The lowest BCUT2D eigenvalue weighted by molar-refractivity contribution is -0.134. The van der Waals surface area contributed by atoms with Gasteiger partial charge in [-0.05, 0) is 86.3 Å². The number of imide groups is 1. The minimum Gasteiger partial charge on any atom is -0.339 e. The summed E-state index contributed by atoms with van der Waals surface area (Å²) >= 11 is 0. The van der Waals surface area contributed by atoms with Gasteiger partial charge in [0.15, 0.2) is 0 Å². The molecule has 2 saturated heterocycles. The van der Waals surface area contributed by atoms with Crippen molar-refractivity contribution in [2.24, 2.45) is 11.8 Å². The minimum absolute atomic E-state index is 0.00868. The Morgan fingerprint density at radius 1 is 1.03 bits per heavy atom. The largest absolute Gasteiger partial charge is 0.339 e. The summed E-state index contributed by atoms with van der Waals surface area (Å²) in [6.45, 7) is 5.47. The summed E-state index contributed by atoms with van der Waals surface area (Å²) in [4.78, 5) is 43.2. The van der Waals surface area contributed by atoms with Crippen molar-refractivity contribution in [1.82, 2.24) is 15.1 Å². The van der Waals surface area contributed by atoms with E-state index >= 15 is 0 Å². The molecular formula is C28H32FN3O3. The van der Waals surface area contributed by atoms with E-state index in [1.165, 1.54) is 17.0 Å². The van der Waals surface area contributed by atoms with Crippen LogP contribution >= 0.6 is 0 Å². The number of piperidine rings is 1. The molecule has 35 heavy (non-hydrogen) atoms. The first kappa shape index (κ1) is 23.5. The van der Waals surface area contributed by atoms with Crippen molar-refractivity contribution in [3.63, 3.8) is 0 Å². The highest BCUT2D eigenvalue weighted by molar-refractivity contribution is 6.07. The molecule has 7 heteroatoms. The van der Waals surface area contributed by atoms with Crippen LogP contribution in [0.5, 0.6) is 0 Å². The van der Waals surface area contributed by atoms with Gasteiger partial charge in [-0.3, -0.25) is 14.5 Å². The summed E-state index contributed by atoms with van der Waals surface area (Å²) in [6.07, 6.45) is 3.62. The lowest BCUT2D eigenvalue weighted by atomic mass is 9.73. The Labute approximate surface area is 205 Å². The number of urea groups is 1. The van der Waals surface area contributed by atoms with Crippen molar-refractivity contribution < 1.29 is 18.8 Å². The summed E-state index contributed by atoms with van der Waals surface area (Å²) in [5.74, 6) is -0.232. The van der Waals surface area contributed by atoms with Gasteiger partial charge in [-0.2, -0.15) is 0 Å². The highest BCUT2D eigenvalue weighted by Crippen LogP contribution is 2.39. The molecule has 1 N–H and O–H groups in total. The smallest absolute Gasteiger partial charge is 0.325 e. The van der Waals surface area contributed by atoms with Crippen LogP contribution in [0.2, 0.25) is 0 Å². The summed E-state index contributed by atoms with van der Waals surface area (Å²) in [5.41, 5.74) is 2.52. The van der Waals surface area contributed by atoms with Gasteiger partial charge in [-0.15, -0.1) is 0 Å². The predicted molar refractivity (Wildman–Crippen MR) is 130 cm³/mol. The monoisotopic (exact) mass is 477 g/mol. The van der Waals surface area contributed by atoms with Gasteiger partial charge in [0.05, 0.1) is 0 Å². The topological polar surface area (TPSA) is 69.7 Å². The van der Waals surface area contributed by atoms with Crippen LogP contribution < -0.4 is 5.32 Å². The molecule has 4 amide bonds. The van der Waals surface area contributed by atoms with E-state index in [-0.39, 0.29) is 29.6 Å². The summed E-state index contributed by atoms with van der Waals surface area (Å²) in [5, 5.41) is 3.07. The van der Waals surface area contributed by atoms with E-state index in [1.807, 2.05) is 36.9 Å². The number of halogens is 1. The zero-order valence-electron chi connectivity index (χ0n) is 20.4. The highest BCUT2D eigenvalue weighted by Gasteiger charge is 2.56. The highest BCUT2D eigenvalue weighted by atomic mass is 19.1. The molecule has 3 aliphatic rings. The van der Waals surface area contributed by atoms with Crippen LogP contribution in [0.4, 0.5) is 9.18 Å². The number of carbonyl (C=O) groups excluding carboxylic acids is 3. The van der Waals surface area contributed by atoms with E-state index in [0.717, 1.165) is 29.5 Å². The van der Waals surface area contributed by atoms with Crippen molar-refractivity contribution in [2.45, 2.75) is 51.5 Å². The maximum absolute atomic E-state index is 13.8. The molecular weight excluding hydrogens is 445 g/mol. The van der Waals surface area contributed by atoms with E-state index in [2.05, 4.69) is 5.32 Å². The minimum atomic E-state index is -1.07. The van der Waals surface area contributed by atoms with Crippen molar-refractivity contribution in [2.75, 3.05) is 19.6 Å². The fourth-order valence-electron chi connectivity index (χ4n) is 5.56. The molecule has 1 atom stereocenters. The third-order valence-corrected chi connectivity index (χ3v) is 8.05. The number of benzene rings is 2. The Balaban J connectivity index is 1.37. The first-order chi connectivity index (χ1) is 16.8.